The number of anilines is 1. The van der Waals surface area contributed by atoms with Crippen LogP contribution in [0.1, 0.15) is 0 Å². The van der Waals surface area contributed by atoms with Crippen molar-refractivity contribution in [3.8, 4) is 12.1 Å². The Balaban J connectivity index is 1.99. The number of hydrogen-bond acceptors (Lipinski definition) is 6. The van der Waals surface area contributed by atoms with Gasteiger partial charge >= 0.3 is 0 Å². The molecule has 0 amide bonds. The number of fused-ring (bicyclic) bond motifs is 1. The summed E-state index contributed by atoms with van der Waals surface area (Å²) >= 11 is 1.49. The molecule has 106 valence electrons. The van der Waals surface area contributed by atoms with Gasteiger partial charge < -0.3 is 4.90 Å². The highest BCUT2D eigenvalue weighted by Gasteiger charge is 2.45. The normalized spacial score (nSPS) is 21.2. The zero-order valence-corrected chi connectivity index (χ0v) is 12.3. The van der Waals surface area contributed by atoms with E-state index in [2.05, 4.69) is 0 Å². The van der Waals surface area contributed by atoms with E-state index in [9.17, 15) is 9.59 Å². The zero-order valence-electron chi connectivity index (χ0n) is 11.5. The molecule has 0 bridgehead atoms. The molecule has 5 nitrogen and oxygen atoms in total. The molecule has 0 saturated heterocycles. The van der Waals surface area contributed by atoms with E-state index in [1.54, 1.807) is 18.2 Å². The molecule has 22 heavy (non-hydrogen) atoms. The summed E-state index contributed by atoms with van der Waals surface area (Å²) < 4.78 is 0. The largest absolute Gasteiger partial charge is 0.338 e. The van der Waals surface area contributed by atoms with E-state index in [1.165, 1.54) is 11.8 Å². The monoisotopic (exact) mass is 307 g/mol. The molecule has 2 aliphatic rings. The summed E-state index contributed by atoms with van der Waals surface area (Å²) in [5.74, 6) is -2.11. The van der Waals surface area contributed by atoms with Crippen molar-refractivity contribution in [3.05, 3.63) is 46.5 Å². The van der Waals surface area contributed by atoms with Crippen molar-refractivity contribution in [1.29, 1.82) is 10.5 Å². The number of rotatable bonds is 1. The maximum atomic E-state index is 11.8. The molecule has 1 fully saturated rings. The first-order chi connectivity index (χ1) is 10.6. The minimum atomic E-state index is -0.805. The van der Waals surface area contributed by atoms with Crippen LogP contribution in [0.25, 0.3) is 0 Å². The summed E-state index contributed by atoms with van der Waals surface area (Å²) in [6.45, 7) is 0. The van der Waals surface area contributed by atoms with Gasteiger partial charge in [-0.15, -0.1) is 0 Å². The highest BCUT2D eigenvalue weighted by Crippen LogP contribution is 2.46. The minimum absolute atomic E-state index is 0.00690. The maximum absolute atomic E-state index is 11.8. The second-order valence-corrected chi connectivity index (χ2v) is 5.88. The molecular weight excluding hydrogens is 298 g/mol. The number of hydrogen-bond donors (Lipinski definition) is 0. The topological polar surface area (TPSA) is 85.0 Å². The van der Waals surface area contributed by atoms with Crippen LogP contribution in [0.2, 0.25) is 0 Å². The number of carbonyl (C=O) groups is 2. The standard InChI is InChI=1S/C16H9N3O2S/c1-19-11-4-2-3-5-12(11)22-13(19)6-10-14(9(7-17)8-18)16(21)15(10)20/h2-6,10H,1H3. The van der Waals surface area contributed by atoms with Crippen LogP contribution in [0, 0.1) is 28.6 Å². The number of allylic oxidation sites excluding steroid dienone is 3. The van der Waals surface area contributed by atoms with Crippen molar-refractivity contribution in [3.63, 3.8) is 0 Å². The lowest BCUT2D eigenvalue weighted by Gasteiger charge is -2.25. The van der Waals surface area contributed by atoms with Gasteiger partial charge in [-0.2, -0.15) is 10.5 Å². The summed E-state index contributed by atoms with van der Waals surface area (Å²) in [5, 5.41) is 18.6. The zero-order chi connectivity index (χ0) is 15.9. The van der Waals surface area contributed by atoms with Crippen molar-refractivity contribution in [2.75, 3.05) is 11.9 Å². The Bertz CT molecular complexity index is 839. The third-order valence-corrected chi connectivity index (χ3v) is 4.82. The summed E-state index contributed by atoms with van der Waals surface area (Å²) in [6.07, 6.45) is 1.65. The van der Waals surface area contributed by atoms with Gasteiger partial charge in [0.2, 0.25) is 11.6 Å². The van der Waals surface area contributed by atoms with Gasteiger partial charge in [-0.1, -0.05) is 23.9 Å². The summed E-state index contributed by atoms with van der Waals surface area (Å²) in [5.41, 5.74) is 0.741. The van der Waals surface area contributed by atoms with Gasteiger partial charge in [0.15, 0.2) is 0 Å². The van der Waals surface area contributed by atoms with Crippen LogP contribution in [0.5, 0.6) is 0 Å². The van der Waals surface area contributed by atoms with Crippen molar-refractivity contribution in [2.45, 2.75) is 4.90 Å². The molecule has 1 unspecified atom stereocenters. The fourth-order valence-electron chi connectivity index (χ4n) is 2.45. The predicted octanol–water partition coefficient (Wildman–Crippen LogP) is 2.18. The van der Waals surface area contributed by atoms with Gasteiger partial charge in [0.25, 0.3) is 0 Å². The summed E-state index contributed by atoms with van der Waals surface area (Å²) in [4.78, 5) is 26.4. The Morgan fingerprint density at radius 3 is 2.59 bits per heavy atom. The van der Waals surface area contributed by atoms with Gasteiger partial charge in [-0.25, -0.2) is 0 Å². The average Bonchev–Trinajstić information content (AvgIpc) is 2.87. The highest BCUT2D eigenvalue weighted by atomic mass is 32.2. The minimum Gasteiger partial charge on any atom is -0.338 e. The highest BCUT2D eigenvalue weighted by molar-refractivity contribution is 8.03. The van der Waals surface area contributed by atoms with Crippen LogP contribution in [0.4, 0.5) is 5.69 Å². The van der Waals surface area contributed by atoms with Crippen LogP contribution >= 0.6 is 11.8 Å². The lowest BCUT2D eigenvalue weighted by Crippen LogP contribution is -2.41. The van der Waals surface area contributed by atoms with Crippen LogP contribution in [0.15, 0.2) is 51.4 Å². The van der Waals surface area contributed by atoms with Crippen molar-refractivity contribution >= 4 is 29.0 Å². The van der Waals surface area contributed by atoms with Gasteiger partial charge in [0, 0.05) is 17.5 Å². The molecule has 0 N–H and O–H groups in total. The SMILES string of the molecule is CN1C(=CC2C(=O)C(=O)C2=C(C#N)C#N)Sc2ccccc21. The Kier molecular flexibility index (Phi) is 3.32. The predicted molar refractivity (Wildman–Crippen MR) is 80.5 cm³/mol. The lowest BCUT2D eigenvalue weighted by atomic mass is 9.74. The van der Waals surface area contributed by atoms with E-state index in [1.807, 2.05) is 36.2 Å². The third-order valence-electron chi connectivity index (χ3n) is 3.64. The summed E-state index contributed by atoms with van der Waals surface area (Å²) in [6, 6.07) is 11.1. The first-order valence-electron chi connectivity index (χ1n) is 6.43. The molecule has 0 aromatic heterocycles. The Labute approximate surface area is 131 Å². The number of ketones is 2. The van der Waals surface area contributed by atoms with Crippen molar-refractivity contribution in [2.24, 2.45) is 5.92 Å². The van der Waals surface area contributed by atoms with E-state index < -0.39 is 17.5 Å². The van der Waals surface area contributed by atoms with E-state index in [0.717, 1.165) is 15.6 Å². The molecular formula is C16H9N3O2S. The summed E-state index contributed by atoms with van der Waals surface area (Å²) in [7, 11) is 1.87. The molecule has 1 aliphatic heterocycles. The fraction of sp³-hybridized carbons (Fsp3) is 0.125. The van der Waals surface area contributed by atoms with Crippen LogP contribution in [-0.2, 0) is 9.59 Å². The molecule has 0 spiro atoms. The van der Waals surface area contributed by atoms with Gasteiger partial charge in [-0.05, 0) is 18.2 Å². The van der Waals surface area contributed by atoms with E-state index in [4.69, 9.17) is 10.5 Å². The van der Waals surface area contributed by atoms with Gasteiger partial charge in [-0.3, -0.25) is 9.59 Å². The second-order valence-electron chi connectivity index (χ2n) is 4.82. The maximum Gasteiger partial charge on any atom is 0.228 e. The Morgan fingerprint density at radius 1 is 1.27 bits per heavy atom. The van der Waals surface area contributed by atoms with Crippen molar-refractivity contribution in [1.82, 2.24) is 0 Å². The molecule has 1 aliphatic carbocycles. The number of Topliss-reactive ketones (excluding diaryl/α,β-unsaturated/α-hetero) is 2. The second kappa shape index (κ2) is 5.18. The lowest BCUT2D eigenvalue weighted by molar-refractivity contribution is -0.140. The van der Waals surface area contributed by atoms with Crippen LogP contribution in [-0.4, -0.2) is 18.6 Å². The number of carbonyl (C=O) groups excluding carboxylic acids is 2. The number of benzene rings is 1. The Morgan fingerprint density at radius 2 is 1.95 bits per heavy atom. The third kappa shape index (κ3) is 1.93. The first kappa shape index (κ1) is 14.1. The first-order valence-corrected chi connectivity index (χ1v) is 7.25. The quantitative estimate of drug-likeness (QED) is 0.449. The average molecular weight is 307 g/mol. The molecule has 1 atom stereocenters. The van der Waals surface area contributed by atoms with E-state index in [0.29, 0.717) is 0 Å². The molecule has 3 rings (SSSR count). The molecule has 1 aromatic carbocycles. The number of nitrogens with zero attached hydrogens (tertiary/aromatic N) is 3. The van der Waals surface area contributed by atoms with Crippen LogP contribution < -0.4 is 4.90 Å². The molecule has 1 aromatic rings. The number of para-hydroxylation sites is 1. The molecule has 1 heterocycles. The van der Waals surface area contributed by atoms with E-state index >= 15 is 0 Å². The van der Waals surface area contributed by atoms with Gasteiger partial charge in [0.1, 0.15) is 17.7 Å². The molecule has 6 heteroatoms. The van der Waals surface area contributed by atoms with E-state index in [-0.39, 0.29) is 11.1 Å². The molecule has 1 saturated carbocycles. The Hall–Kier alpha value is -2.83. The number of nitriles is 2. The number of thioether (sulfide) groups is 1. The van der Waals surface area contributed by atoms with Crippen LogP contribution in [0.3, 0.4) is 0 Å². The van der Waals surface area contributed by atoms with Gasteiger partial charge in [0.05, 0.1) is 16.6 Å². The van der Waals surface area contributed by atoms with Crippen molar-refractivity contribution < 1.29 is 9.59 Å². The smallest absolute Gasteiger partial charge is 0.228 e. The fourth-order valence-corrected chi connectivity index (χ4v) is 3.57. The molecule has 0 radical (unpaired) electrons.